The van der Waals surface area contributed by atoms with Gasteiger partial charge in [-0.3, -0.25) is 9.59 Å². The van der Waals surface area contributed by atoms with E-state index in [0.717, 1.165) is 31.2 Å². The van der Waals surface area contributed by atoms with Gasteiger partial charge < -0.3 is 24.4 Å². The largest absolute Gasteiger partial charge is 0.467 e. The number of amides is 2. The van der Waals surface area contributed by atoms with Crippen LogP contribution in [0, 0.1) is 0 Å². The molecule has 5 aliphatic rings. The maximum atomic E-state index is 13.3. The van der Waals surface area contributed by atoms with Crippen molar-refractivity contribution in [1.82, 2.24) is 15.2 Å². The maximum Gasteiger partial charge on any atom is 0.261 e. The molecule has 8 heteroatoms. The quantitative estimate of drug-likeness (QED) is 0.689. The second-order valence-electron chi connectivity index (χ2n) is 9.06. The van der Waals surface area contributed by atoms with Crippen LogP contribution in [0.15, 0.2) is 18.3 Å². The molecule has 2 bridgehead atoms. The van der Waals surface area contributed by atoms with Crippen molar-refractivity contribution in [2.45, 2.75) is 68.7 Å². The molecular formula is C22H29N3O5. The molecule has 2 amide bonds. The fourth-order valence-corrected chi connectivity index (χ4v) is 5.77. The predicted molar refractivity (Wildman–Crippen MR) is 107 cm³/mol. The van der Waals surface area contributed by atoms with Crippen molar-refractivity contribution in [3.05, 3.63) is 23.9 Å². The Labute approximate surface area is 176 Å². The first-order valence-corrected chi connectivity index (χ1v) is 10.9. The highest BCUT2D eigenvalue weighted by atomic mass is 16.5. The average molecular weight is 415 g/mol. The van der Waals surface area contributed by atoms with Crippen molar-refractivity contribution < 1.29 is 23.8 Å². The van der Waals surface area contributed by atoms with E-state index in [2.05, 4.69) is 16.4 Å². The first-order valence-electron chi connectivity index (χ1n) is 10.9. The van der Waals surface area contributed by atoms with Crippen molar-refractivity contribution in [3.8, 4) is 5.88 Å². The topological polar surface area (TPSA) is 90.0 Å². The summed E-state index contributed by atoms with van der Waals surface area (Å²) >= 11 is 0. The Morgan fingerprint density at radius 1 is 1.20 bits per heavy atom. The fraction of sp³-hybridized carbons (Fsp3) is 0.682. The monoisotopic (exact) mass is 415 g/mol. The average Bonchev–Trinajstić information content (AvgIpc) is 3.01. The van der Waals surface area contributed by atoms with E-state index in [1.54, 1.807) is 6.20 Å². The van der Waals surface area contributed by atoms with Gasteiger partial charge in [-0.2, -0.15) is 0 Å². The molecule has 0 aromatic carbocycles. The van der Waals surface area contributed by atoms with Gasteiger partial charge in [0.25, 0.3) is 5.91 Å². The van der Waals surface area contributed by atoms with Crippen LogP contribution in [0.2, 0.25) is 0 Å². The molecule has 8 nitrogen and oxygen atoms in total. The summed E-state index contributed by atoms with van der Waals surface area (Å²) in [6, 6.07) is 3.65. The standard InChI is InChI=1S/C22H29N3O5/c1-14-9-22(13-28-11-19(26)24-22)18-10-29-16-6-4-15(5-7-16)17-3-2-8-23-21(17)30-12-20(27)25(14)18/h2-3,8,14-16,18H,4-7,9-13H2,1H3,(H,24,26)/t14-,15?,16?,18+,22-/m1/s1. The molecule has 3 atom stereocenters. The van der Waals surface area contributed by atoms with Gasteiger partial charge >= 0.3 is 0 Å². The third kappa shape index (κ3) is 3.46. The minimum absolute atomic E-state index is 0.0543. The predicted octanol–water partition coefficient (Wildman–Crippen LogP) is 1.39. The van der Waals surface area contributed by atoms with Gasteiger partial charge in [0, 0.05) is 17.8 Å². The molecule has 1 N–H and O–H groups in total. The molecular weight excluding hydrogens is 386 g/mol. The summed E-state index contributed by atoms with van der Waals surface area (Å²) in [4.78, 5) is 31.7. The van der Waals surface area contributed by atoms with Gasteiger partial charge in [-0.1, -0.05) is 6.07 Å². The fourth-order valence-electron chi connectivity index (χ4n) is 5.77. The SMILES string of the molecule is C[C@@H]1C[C@@]2(COCC(=O)N2)[C@@H]2COC3CCC(CC3)c3cccnc3OCC(=O)N12. The molecule has 5 heterocycles. The Hall–Kier alpha value is -2.19. The van der Waals surface area contributed by atoms with Gasteiger partial charge in [0.05, 0.1) is 30.9 Å². The number of pyridine rings is 1. The van der Waals surface area contributed by atoms with E-state index in [1.165, 1.54) is 0 Å². The number of nitrogens with one attached hydrogen (secondary N) is 1. The van der Waals surface area contributed by atoms with Crippen LogP contribution in [0.4, 0.5) is 0 Å². The Balaban J connectivity index is 1.47. The summed E-state index contributed by atoms with van der Waals surface area (Å²) < 4.78 is 17.9. The van der Waals surface area contributed by atoms with Crippen molar-refractivity contribution in [2.75, 3.05) is 26.4 Å². The third-order valence-corrected chi connectivity index (χ3v) is 7.11. The zero-order chi connectivity index (χ0) is 20.7. The Kier molecular flexibility index (Phi) is 5.14. The molecule has 1 spiro atoms. The molecule has 1 aliphatic carbocycles. The van der Waals surface area contributed by atoms with Crippen LogP contribution in [0.3, 0.4) is 0 Å². The number of fused-ring (bicyclic) bond motifs is 5. The smallest absolute Gasteiger partial charge is 0.261 e. The third-order valence-electron chi connectivity index (χ3n) is 7.11. The van der Waals surface area contributed by atoms with Crippen molar-refractivity contribution >= 4 is 11.8 Å². The Bertz CT molecular complexity index is 825. The summed E-state index contributed by atoms with van der Waals surface area (Å²) in [5.41, 5.74) is 0.469. The molecule has 0 unspecified atom stereocenters. The van der Waals surface area contributed by atoms with E-state index in [1.807, 2.05) is 17.9 Å². The summed E-state index contributed by atoms with van der Waals surface area (Å²) in [6.45, 7) is 2.77. The van der Waals surface area contributed by atoms with E-state index in [0.29, 0.717) is 31.4 Å². The van der Waals surface area contributed by atoms with Crippen molar-refractivity contribution in [3.63, 3.8) is 0 Å². The number of hydrogen-bond acceptors (Lipinski definition) is 6. The zero-order valence-corrected chi connectivity index (χ0v) is 17.3. The number of carbonyl (C=O) groups is 2. The summed E-state index contributed by atoms with van der Waals surface area (Å²) in [5, 5.41) is 3.13. The van der Waals surface area contributed by atoms with E-state index in [4.69, 9.17) is 14.2 Å². The van der Waals surface area contributed by atoms with E-state index in [9.17, 15) is 9.59 Å². The van der Waals surface area contributed by atoms with Crippen LogP contribution in [-0.4, -0.2) is 71.9 Å². The zero-order valence-electron chi connectivity index (χ0n) is 17.3. The molecule has 162 valence electrons. The number of nitrogens with zero attached hydrogens (tertiary/aromatic N) is 2. The van der Waals surface area contributed by atoms with E-state index in [-0.39, 0.29) is 43.2 Å². The van der Waals surface area contributed by atoms with Crippen molar-refractivity contribution in [1.29, 1.82) is 0 Å². The first kappa shape index (κ1) is 19.8. The van der Waals surface area contributed by atoms with Crippen LogP contribution in [-0.2, 0) is 19.1 Å². The van der Waals surface area contributed by atoms with Crippen LogP contribution in [0.25, 0.3) is 0 Å². The molecule has 30 heavy (non-hydrogen) atoms. The van der Waals surface area contributed by atoms with Crippen LogP contribution < -0.4 is 10.1 Å². The van der Waals surface area contributed by atoms with Crippen LogP contribution in [0.1, 0.15) is 50.5 Å². The number of hydrogen-bond donors (Lipinski definition) is 1. The Morgan fingerprint density at radius 2 is 2.03 bits per heavy atom. The van der Waals surface area contributed by atoms with Crippen LogP contribution >= 0.6 is 0 Å². The minimum Gasteiger partial charge on any atom is -0.467 e. The highest BCUT2D eigenvalue weighted by Crippen LogP contribution is 2.40. The number of morpholine rings is 1. The molecule has 2 saturated heterocycles. The van der Waals surface area contributed by atoms with Gasteiger partial charge in [-0.05, 0) is 51.0 Å². The number of aromatic nitrogens is 1. The normalized spacial score (nSPS) is 36.8. The van der Waals surface area contributed by atoms with Gasteiger partial charge in [-0.15, -0.1) is 0 Å². The van der Waals surface area contributed by atoms with Gasteiger partial charge in [-0.25, -0.2) is 4.98 Å². The van der Waals surface area contributed by atoms with Gasteiger partial charge in [0.15, 0.2) is 6.61 Å². The minimum atomic E-state index is -0.613. The Morgan fingerprint density at radius 3 is 2.83 bits per heavy atom. The second kappa shape index (κ2) is 7.81. The van der Waals surface area contributed by atoms with Crippen molar-refractivity contribution in [2.24, 2.45) is 0 Å². The maximum absolute atomic E-state index is 13.3. The molecule has 1 aromatic heterocycles. The number of rotatable bonds is 0. The summed E-state index contributed by atoms with van der Waals surface area (Å²) in [5.74, 6) is 0.680. The molecule has 1 aromatic rings. The van der Waals surface area contributed by atoms with E-state index < -0.39 is 5.54 Å². The lowest BCUT2D eigenvalue weighted by Gasteiger charge is -2.41. The lowest BCUT2D eigenvalue weighted by Crippen LogP contribution is -2.65. The first-order chi connectivity index (χ1) is 14.6. The number of carbonyl (C=O) groups excluding carboxylic acids is 2. The highest BCUT2D eigenvalue weighted by Gasteiger charge is 2.55. The van der Waals surface area contributed by atoms with Gasteiger partial charge in [0.1, 0.15) is 6.61 Å². The van der Waals surface area contributed by atoms with Gasteiger partial charge in [0.2, 0.25) is 11.8 Å². The summed E-state index contributed by atoms with van der Waals surface area (Å²) in [7, 11) is 0. The highest BCUT2D eigenvalue weighted by molar-refractivity contribution is 5.81. The number of ether oxygens (including phenoxy) is 3. The van der Waals surface area contributed by atoms with Crippen LogP contribution in [0.5, 0.6) is 5.88 Å². The molecule has 4 aliphatic heterocycles. The lowest BCUT2D eigenvalue weighted by atomic mass is 9.83. The molecule has 0 radical (unpaired) electrons. The second-order valence-corrected chi connectivity index (χ2v) is 9.06. The molecule has 6 rings (SSSR count). The molecule has 3 fully saturated rings. The summed E-state index contributed by atoms with van der Waals surface area (Å²) in [6.07, 6.45) is 6.46. The molecule has 1 saturated carbocycles. The van der Waals surface area contributed by atoms with E-state index >= 15 is 0 Å². The lowest BCUT2D eigenvalue weighted by molar-refractivity contribution is -0.145.